The van der Waals surface area contributed by atoms with Gasteiger partial charge in [-0.2, -0.15) is 0 Å². The zero-order valence-corrected chi connectivity index (χ0v) is 38.8. The van der Waals surface area contributed by atoms with Crippen molar-refractivity contribution in [3.63, 3.8) is 0 Å². The van der Waals surface area contributed by atoms with Gasteiger partial charge in [0.25, 0.3) is 0 Å². The Labute approximate surface area is 378 Å². The molecule has 2 aliphatic heterocycles. The molecule has 7 N–H and O–H groups in total. The largest absolute Gasteiger partial charge is 0.462 e. The Kier molecular flexibility index (Phi) is 33.1. The van der Waals surface area contributed by atoms with Gasteiger partial charge in [-0.05, 0) is 38.5 Å². The quantitative estimate of drug-likeness (QED) is 0.0208. The van der Waals surface area contributed by atoms with Crippen molar-refractivity contribution in [3.05, 3.63) is 12.2 Å². The first-order valence-corrected chi connectivity index (χ1v) is 24.8. The van der Waals surface area contributed by atoms with Crippen molar-refractivity contribution in [1.82, 2.24) is 0 Å². The number of hydrogen-bond donors (Lipinski definition) is 7. The zero-order valence-electron chi connectivity index (χ0n) is 38.8. The second-order valence-electron chi connectivity index (χ2n) is 17.6. The average molecular weight is 905 g/mol. The summed E-state index contributed by atoms with van der Waals surface area (Å²) in [6.07, 6.45) is 16.7. The number of esters is 2. The molecule has 2 fully saturated rings. The van der Waals surface area contributed by atoms with Crippen molar-refractivity contribution in [1.29, 1.82) is 0 Å². The van der Waals surface area contributed by atoms with E-state index < -0.39 is 92.7 Å². The van der Waals surface area contributed by atoms with Crippen molar-refractivity contribution < 1.29 is 73.8 Å². The molecule has 11 atom stereocenters. The van der Waals surface area contributed by atoms with Crippen LogP contribution in [0.4, 0.5) is 0 Å². The molecule has 0 aromatic carbocycles. The molecule has 4 unspecified atom stereocenters. The molecule has 15 nitrogen and oxygen atoms in total. The Morgan fingerprint density at radius 2 is 0.905 bits per heavy atom. The molecule has 370 valence electrons. The summed E-state index contributed by atoms with van der Waals surface area (Å²) in [5.41, 5.74) is 0. The van der Waals surface area contributed by atoms with Crippen LogP contribution in [0.3, 0.4) is 0 Å². The van der Waals surface area contributed by atoms with Crippen LogP contribution in [-0.4, -0.2) is 142 Å². The van der Waals surface area contributed by atoms with E-state index in [0.29, 0.717) is 12.8 Å². The molecule has 0 spiro atoms. The lowest BCUT2D eigenvalue weighted by Crippen LogP contribution is -2.61. The summed E-state index contributed by atoms with van der Waals surface area (Å²) < 4.78 is 33.5. The fraction of sp³-hybridized carbons (Fsp3) is 0.917. The second-order valence-corrected chi connectivity index (χ2v) is 17.6. The first-order chi connectivity index (χ1) is 30.5. The van der Waals surface area contributed by atoms with E-state index >= 15 is 0 Å². The lowest BCUT2D eigenvalue weighted by molar-refractivity contribution is -0.332. The summed E-state index contributed by atoms with van der Waals surface area (Å²) in [4.78, 5) is 25.7. The molecule has 2 saturated heterocycles. The van der Waals surface area contributed by atoms with E-state index in [1.54, 1.807) is 0 Å². The van der Waals surface area contributed by atoms with Crippen molar-refractivity contribution >= 4 is 11.9 Å². The molecular formula is C48H88O15. The van der Waals surface area contributed by atoms with Crippen LogP contribution in [-0.2, 0) is 38.0 Å². The van der Waals surface area contributed by atoms with E-state index in [1.807, 2.05) is 0 Å². The average Bonchev–Trinajstić information content (AvgIpc) is 3.28. The Morgan fingerprint density at radius 3 is 1.43 bits per heavy atom. The third-order valence-corrected chi connectivity index (χ3v) is 12.0. The van der Waals surface area contributed by atoms with Gasteiger partial charge in [-0.25, -0.2) is 0 Å². The van der Waals surface area contributed by atoms with Gasteiger partial charge in [-0.1, -0.05) is 148 Å². The maximum Gasteiger partial charge on any atom is 0.306 e. The highest BCUT2D eigenvalue weighted by atomic mass is 16.7. The number of carbonyl (C=O) groups is 2. The fourth-order valence-corrected chi connectivity index (χ4v) is 7.86. The highest BCUT2D eigenvalue weighted by Crippen LogP contribution is 2.26. The molecule has 0 radical (unpaired) electrons. The number of carbonyl (C=O) groups excluding carboxylic acids is 2. The highest BCUT2D eigenvalue weighted by molar-refractivity contribution is 5.70. The van der Waals surface area contributed by atoms with E-state index in [-0.39, 0.29) is 26.1 Å². The van der Waals surface area contributed by atoms with Crippen LogP contribution in [0.1, 0.15) is 187 Å². The molecule has 0 bridgehead atoms. The van der Waals surface area contributed by atoms with Crippen LogP contribution in [0.25, 0.3) is 0 Å². The van der Waals surface area contributed by atoms with Gasteiger partial charge in [-0.3, -0.25) is 9.59 Å². The minimum Gasteiger partial charge on any atom is -0.462 e. The van der Waals surface area contributed by atoms with Gasteiger partial charge in [0.05, 0.1) is 19.8 Å². The van der Waals surface area contributed by atoms with Gasteiger partial charge in [0, 0.05) is 12.8 Å². The lowest BCUT2D eigenvalue weighted by atomic mass is 9.98. The number of hydrogen-bond acceptors (Lipinski definition) is 15. The maximum absolute atomic E-state index is 12.9. The SMILES string of the molecule is CCCCC/C=C/CCCCCCCC(=O)O[C@H](COC(=O)CCCCCCCCCCCCCCCCC)CO[C@@H]1O[C@H](CO[C@@H]2O[C@H](CO)[C@H](O)C(O)C2O)[C@H](O)C(O)C1O. The number of rotatable bonds is 38. The number of aliphatic hydroxyl groups is 7. The van der Waals surface area contributed by atoms with Crippen LogP contribution in [0.15, 0.2) is 12.2 Å². The zero-order chi connectivity index (χ0) is 46.1. The minimum atomic E-state index is -1.76. The van der Waals surface area contributed by atoms with Crippen LogP contribution in [0, 0.1) is 0 Å². The minimum absolute atomic E-state index is 0.158. The summed E-state index contributed by atoms with van der Waals surface area (Å²) >= 11 is 0. The molecule has 15 heteroatoms. The van der Waals surface area contributed by atoms with Crippen LogP contribution >= 0.6 is 0 Å². The smallest absolute Gasteiger partial charge is 0.306 e. The van der Waals surface area contributed by atoms with Crippen molar-refractivity contribution in [2.24, 2.45) is 0 Å². The molecule has 2 heterocycles. The van der Waals surface area contributed by atoms with Crippen molar-refractivity contribution in [2.75, 3.05) is 26.4 Å². The standard InChI is InChI=1S/C48H88O15/c1-3-5-7-9-11-13-15-17-18-19-21-22-24-26-28-30-39(50)58-33-36(61-40(51)31-29-27-25-23-20-16-14-12-10-8-6-4-2)34-59-47-46(57)44(55)42(53)38(63-47)35-60-48-45(56)43(54)41(52)37(32-49)62-48/h12,14,36-38,41-49,52-57H,3-11,13,15-35H2,1-2H3/b14-12+/t36-,37-,38-,41+,42+,43?,44?,45?,46?,47-,48-/m1/s1. The lowest BCUT2D eigenvalue weighted by Gasteiger charge is -2.42. The van der Waals surface area contributed by atoms with Crippen molar-refractivity contribution in [3.8, 4) is 0 Å². The number of allylic oxidation sites excluding steroid dienone is 2. The third kappa shape index (κ3) is 25.1. The highest BCUT2D eigenvalue weighted by Gasteiger charge is 2.47. The van der Waals surface area contributed by atoms with Gasteiger partial charge in [0.2, 0.25) is 0 Å². The topological polar surface area (TPSA) is 231 Å². The Balaban J connectivity index is 1.82. The number of unbranched alkanes of at least 4 members (excludes halogenated alkanes) is 22. The normalized spacial score (nSPS) is 26.9. The summed E-state index contributed by atoms with van der Waals surface area (Å²) in [5, 5.41) is 71.9. The fourth-order valence-electron chi connectivity index (χ4n) is 7.86. The van der Waals surface area contributed by atoms with Crippen LogP contribution in [0.5, 0.6) is 0 Å². The summed E-state index contributed by atoms with van der Waals surface area (Å²) in [7, 11) is 0. The predicted molar refractivity (Wildman–Crippen MR) is 238 cm³/mol. The molecule has 0 saturated carbocycles. The molecule has 2 rings (SSSR count). The summed E-state index contributed by atoms with van der Waals surface area (Å²) in [5.74, 6) is -0.928. The summed E-state index contributed by atoms with van der Waals surface area (Å²) in [6, 6.07) is 0. The number of aliphatic hydroxyl groups excluding tert-OH is 7. The van der Waals surface area contributed by atoms with E-state index in [2.05, 4.69) is 26.0 Å². The summed E-state index contributed by atoms with van der Waals surface area (Å²) in [6.45, 7) is 2.56. The molecule has 0 aromatic heterocycles. The van der Waals surface area contributed by atoms with E-state index in [4.69, 9.17) is 28.4 Å². The monoisotopic (exact) mass is 905 g/mol. The predicted octanol–water partition coefficient (Wildman–Crippen LogP) is 6.21. The van der Waals surface area contributed by atoms with E-state index in [0.717, 1.165) is 57.8 Å². The second kappa shape index (κ2) is 36.4. The molecule has 63 heavy (non-hydrogen) atoms. The molecule has 0 aliphatic carbocycles. The van der Waals surface area contributed by atoms with Gasteiger partial charge >= 0.3 is 11.9 Å². The number of ether oxygens (including phenoxy) is 6. The first kappa shape index (κ1) is 57.4. The molecule has 0 aromatic rings. The van der Waals surface area contributed by atoms with Gasteiger partial charge in [0.15, 0.2) is 18.7 Å². The van der Waals surface area contributed by atoms with E-state index in [9.17, 15) is 45.3 Å². The molecule has 2 aliphatic rings. The van der Waals surface area contributed by atoms with Gasteiger partial charge in [-0.15, -0.1) is 0 Å². The third-order valence-electron chi connectivity index (χ3n) is 12.0. The van der Waals surface area contributed by atoms with E-state index in [1.165, 1.54) is 89.9 Å². The van der Waals surface area contributed by atoms with Crippen LogP contribution in [0.2, 0.25) is 0 Å². The Morgan fingerprint density at radius 1 is 0.492 bits per heavy atom. The van der Waals surface area contributed by atoms with Crippen LogP contribution < -0.4 is 0 Å². The van der Waals surface area contributed by atoms with Gasteiger partial charge < -0.3 is 64.2 Å². The Hall–Kier alpha value is -1.76. The first-order valence-electron chi connectivity index (χ1n) is 24.8. The Bertz CT molecular complexity index is 1160. The molecule has 0 amide bonds. The van der Waals surface area contributed by atoms with Crippen molar-refractivity contribution in [2.45, 2.75) is 255 Å². The molecular weight excluding hydrogens is 817 g/mol. The maximum atomic E-state index is 12.9. The van der Waals surface area contributed by atoms with Gasteiger partial charge in [0.1, 0.15) is 55.4 Å².